The number of carbonyl (C=O) groups excluding carboxylic acids is 1. The van der Waals surface area contributed by atoms with Crippen LogP contribution in [0.1, 0.15) is 49.7 Å². The molecule has 1 aliphatic carbocycles. The van der Waals surface area contributed by atoms with Crippen molar-refractivity contribution in [1.29, 1.82) is 0 Å². The molecule has 3 aromatic rings. The van der Waals surface area contributed by atoms with E-state index in [4.69, 9.17) is 0 Å². The van der Waals surface area contributed by atoms with Gasteiger partial charge in [-0.2, -0.15) is 0 Å². The van der Waals surface area contributed by atoms with Crippen LogP contribution in [0.2, 0.25) is 0 Å². The first-order valence-electron chi connectivity index (χ1n) is 13.9. The average Bonchev–Trinajstić information content (AvgIpc) is 2.94. The Morgan fingerprint density at radius 3 is 2.49 bits per heavy atom. The number of hydrogen-bond acceptors (Lipinski definition) is 5. The smallest absolute Gasteiger partial charge is 0.248 e. The Hall–Kier alpha value is -3.30. The lowest BCUT2D eigenvalue weighted by molar-refractivity contribution is -0.134. The minimum Gasteiger partial charge on any atom is -0.506 e. The molecule has 0 radical (unpaired) electrons. The summed E-state index contributed by atoms with van der Waals surface area (Å²) in [6.45, 7) is 3.15. The van der Waals surface area contributed by atoms with E-state index in [0.29, 0.717) is 51.1 Å². The largest absolute Gasteiger partial charge is 0.506 e. The number of pyridine rings is 1. The van der Waals surface area contributed by atoms with Crippen molar-refractivity contribution >= 4 is 16.8 Å². The van der Waals surface area contributed by atoms with Crippen molar-refractivity contribution < 1.29 is 18.7 Å². The molecule has 1 aromatic heterocycles. The summed E-state index contributed by atoms with van der Waals surface area (Å²) in [6, 6.07) is 10.9. The predicted octanol–water partition coefficient (Wildman–Crippen LogP) is 4.03. The Morgan fingerprint density at radius 2 is 1.69 bits per heavy atom. The highest BCUT2D eigenvalue weighted by molar-refractivity contribution is 5.87. The number of carbonyl (C=O) groups is 1. The van der Waals surface area contributed by atoms with E-state index in [0.717, 1.165) is 54.7 Å². The van der Waals surface area contributed by atoms with Crippen LogP contribution in [0.5, 0.6) is 5.75 Å². The monoisotopic (exact) mass is 540 g/mol. The molecule has 4 rings (SSSR count). The number of aromatic amines is 1. The van der Waals surface area contributed by atoms with E-state index in [-0.39, 0.29) is 23.3 Å². The van der Waals surface area contributed by atoms with Crippen molar-refractivity contribution in [1.82, 2.24) is 20.5 Å². The lowest BCUT2D eigenvalue weighted by Gasteiger charge is -2.34. The highest BCUT2D eigenvalue weighted by Crippen LogP contribution is 2.25. The second-order valence-corrected chi connectivity index (χ2v) is 10.2. The van der Waals surface area contributed by atoms with Crippen molar-refractivity contribution in [3.05, 3.63) is 75.6 Å². The molecule has 0 saturated heterocycles. The van der Waals surface area contributed by atoms with E-state index in [2.05, 4.69) is 15.6 Å². The first-order valence-corrected chi connectivity index (χ1v) is 13.9. The maximum atomic E-state index is 13.4. The van der Waals surface area contributed by atoms with Crippen molar-refractivity contribution in [2.45, 2.75) is 57.4 Å². The first kappa shape index (κ1) is 28.7. The number of rotatable bonds is 13. The Morgan fingerprint density at radius 1 is 0.923 bits per heavy atom. The summed E-state index contributed by atoms with van der Waals surface area (Å²) in [5, 5.41) is 17.6. The van der Waals surface area contributed by atoms with Crippen LogP contribution >= 0.6 is 0 Å². The van der Waals surface area contributed by atoms with Gasteiger partial charge in [-0.25, -0.2) is 8.78 Å². The third kappa shape index (κ3) is 8.10. The molecular formula is C30H38F2N4O3. The fraction of sp³-hybridized carbons (Fsp3) is 0.467. The van der Waals surface area contributed by atoms with Gasteiger partial charge in [-0.05, 0) is 74.2 Å². The van der Waals surface area contributed by atoms with E-state index < -0.39 is 11.6 Å². The van der Waals surface area contributed by atoms with Crippen LogP contribution in [0, 0.1) is 11.6 Å². The van der Waals surface area contributed by atoms with Crippen LogP contribution in [0.3, 0.4) is 0 Å². The third-order valence-corrected chi connectivity index (χ3v) is 7.49. The van der Waals surface area contributed by atoms with Gasteiger partial charge in [0.2, 0.25) is 11.5 Å². The molecule has 210 valence electrons. The zero-order valence-electron chi connectivity index (χ0n) is 22.3. The van der Waals surface area contributed by atoms with Gasteiger partial charge in [-0.15, -0.1) is 0 Å². The second-order valence-electron chi connectivity index (χ2n) is 10.2. The summed E-state index contributed by atoms with van der Waals surface area (Å²) in [5.41, 5.74) is 1.95. The Balaban J connectivity index is 1.23. The number of H-pyrrole nitrogens is 1. The van der Waals surface area contributed by atoms with E-state index >= 15 is 0 Å². The number of halogens is 2. The second kappa shape index (κ2) is 14.2. The quantitative estimate of drug-likeness (QED) is 0.246. The number of fused-ring (bicyclic) bond motifs is 1. The Kier molecular flexibility index (Phi) is 10.4. The number of aromatic nitrogens is 1. The zero-order valence-corrected chi connectivity index (χ0v) is 22.3. The zero-order chi connectivity index (χ0) is 27.6. The first-order chi connectivity index (χ1) is 18.9. The third-order valence-electron chi connectivity index (χ3n) is 7.49. The van der Waals surface area contributed by atoms with Gasteiger partial charge in [-0.1, -0.05) is 31.4 Å². The molecule has 0 spiro atoms. The van der Waals surface area contributed by atoms with E-state index in [9.17, 15) is 23.5 Å². The lowest BCUT2D eigenvalue weighted by Crippen LogP contribution is -2.45. The topological polar surface area (TPSA) is 97.5 Å². The molecule has 0 unspecified atom stereocenters. The highest BCUT2D eigenvalue weighted by Gasteiger charge is 2.24. The standard InChI is InChI=1S/C30H38F2N4O3/c31-25-9-6-21(20-26(25)32)12-15-33-17-14-29(39)36(23-4-2-1-3-5-23)19-18-34-16-13-22-7-10-27(37)30-24(22)8-11-28(38)35-30/h6-11,20,23,33-34,37H,1-5,12-19H2,(H,35,38). The van der Waals surface area contributed by atoms with Gasteiger partial charge in [0.25, 0.3) is 0 Å². The molecule has 4 N–H and O–H groups in total. The minimum atomic E-state index is -0.846. The molecule has 7 nitrogen and oxygen atoms in total. The Bertz CT molecular complexity index is 1310. The number of benzene rings is 2. The van der Waals surface area contributed by atoms with Gasteiger partial charge in [0, 0.05) is 43.5 Å². The van der Waals surface area contributed by atoms with Crippen molar-refractivity contribution in [2.24, 2.45) is 0 Å². The molecule has 1 heterocycles. The molecule has 0 aliphatic heterocycles. The van der Waals surface area contributed by atoms with E-state index in [1.165, 1.54) is 18.6 Å². The number of nitrogens with zero attached hydrogens (tertiary/aromatic N) is 1. The molecule has 0 atom stereocenters. The number of hydrogen-bond donors (Lipinski definition) is 4. The van der Waals surface area contributed by atoms with Crippen molar-refractivity contribution in [3.63, 3.8) is 0 Å². The number of aromatic hydroxyl groups is 1. The molecule has 0 bridgehead atoms. The van der Waals surface area contributed by atoms with Crippen LogP contribution in [0.25, 0.3) is 10.9 Å². The normalized spacial score (nSPS) is 14.1. The van der Waals surface area contributed by atoms with Crippen LogP contribution in [-0.4, -0.2) is 59.7 Å². The number of amides is 1. The molecule has 39 heavy (non-hydrogen) atoms. The summed E-state index contributed by atoms with van der Waals surface area (Å²) < 4.78 is 26.5. The van der Waals surface area contributed by atoms with Crippen molar-refractivity contribution in [3.8, 4) is 5.75 Å². The lowest BCUT2D eigenvalue weighted by atomic mass is 9.94. The van der Waals surface area contributed by atoms with Gasteiger partial charge in [0.1, 0.15) is 5.75 Å². The van der Waals surface area contributed by atoms with E-state index in [1.54, 1.807) is 18.2 Å². The van der Waals surface area contributed by atoms with E-state index in [1.807, 2.05) is 11.0 Å². The molecule has 1 saturated carbocycles. The SMILES string of the molecule is O=C(CCNCCc1ccc(F)c(F)c1)N(CCNCCc1ccc(O)c2[nH]c(=O)ccc12)C1CCCCC1. The highest BCUT2D eigenvalue weighted by atomic mass is 19.2. The molecule has 2 aromatic carbocycles. The summed E-state index contributed by atoms with van der Waals surface area (Å²) in [4.78, 5) is 29.5. The van der Waals surface area contributed by atoms with Gasteiger partial charge in [0.05, 0.1) is 5.52 Å². The molecule has 1 fully saturated rings. The average molecular weight is 541 g/mol. The van der Waals surface area contributed by atoms with Crippen LogP contribution < -0.4 is 16.2 Å². The van der Waals surface area contributed by atoms with Crippen molar-refractivity contribution in [2.75, 3.05) is 32.7 Å². The Labute approximate surface area is 227 Å². The maximum Gasteiger partial charge on any atom is 0.248 e. The van der Waals surface area contributed by atoms with Gasteiger partial charge in [-0.3, -0.25) is 9.59 Å². The van der Waals surface area contributed by atoms with Crippen LogP contribution in [-0.2, 0) is 17.6 Å². The molecule has 1 amide bonds. The molecular weight excluding hydrogens is 502 g/mol. The summed E-state index contributed by atoms with van der Waals surface area (Å²) in [6.07, 6.45) is 7.25. The summed E-state index contributed by atoms with van der Waals surface area (Å²) in [7, 11) is 0. The molecule has 9 heteroatoms. The fourth-order valence-corrected chi connectivity index (χ4v) is 5.36. The van der Waals surface area contributed by atoms with Crippen LogP contribution in [0.4, 0.5) is 8.78 Å². The summed E-state index contributed by atoms with van der Waals surface area (Å²) >= 11 is 0. The number of phenols is 1. The van der Waals surface area contributed by atoms with Crippen LogP contribution in [0.15, 0.2) is 47.3 Å². The minimum absolute atomic E-state index is 0.0555. The van der Waals surface area contributed by atoms with Gasteiger partial charge >= 0.3 is 0 Å². The number of phenolic OH excluding ortho intramolecular Hbond substituents is 1. The van der Waals surface area contributed by atoms with Gasteiger partial charge in [0.15, 0.2) is 11.6 Å². The van der Waals surface area contributed by atoms with Gasteiger partial charge < -0.3 is 25.6 Å². The maximum absolute atomic E-state index is 13.4. The molecule has 1 aliphatic rings. The predicted molar refractivity (Wildman–Crippen MR) is 149 cm³/mol. The fourth-order valence-electron chi connectivity index (χ4n) is 5.36. The number of nitrogens with one attached hydrogen (secondary N) is 3. The summed E-state index contributed by atoms with van der Waals surface area (Å²) in [5.74, 6) is -1.49.